The molecule has 5 aromatic rings. The maximum atomic E-state index is 14.2. The van der Waals surface area contributed by atoms with E-state index in [0.29, 0.717) is 23.0 Å². The molecule has 1 saturated heterocycles. The second-order valence-electron chi connectivity index (χ2n) is 9.21. The van der Waals surface area contributed by atoms with Gasteiger partial charge in [0.2, 0.25) is 0 Å². The highest BCUT2D eigenvalue weighted by Gasteiger charge is 2.23. The smallest absolute Gasteiger partial charge is 0.261 e. The second-order valence-corrected chi connectivity index (χ2v) is 9.21. The lowest BCUT2D eigenvalue weighted by molar-refractivity contribution is 0.578. The number of aromatic nitrogens is 4. The van der Waals surface area contributed by atoms with Crippen LogP contribution in [0.15, 0.2) is 41.2 Å². The maximum Gasteiger partial charge on any atom is 0.261 e. The van der Waals surface area contributed by atoms with Gasteiger partial charge in [-0.1, -0.05) is 6.07 Å². The van der Waals surface area contributed by atoms with Crippen LogP contribution in [-0.4, -0.2) is 32.8 Å². The van der Waals surface area contributed by atoms with Gasteiger partial charge in [0.05, 0.1) is 22.0 Å². The Balaban J connectivity index is 1.77. The average molecular weight is 474 g/mol. The number of nitrogens with zero attached hydrogens (tertiary/aromatic N) is 4. The van der Waals surface area contributed by atoms with Crippen LogP contribution in [0.2, 0.25) is 0 Å². The summed E-state index contributed by atoms with van der Waals surface area (Å²) in [6.45, 7) is 6.27. The molecule has 1 N–H and O–H groups in total. The zero-order chi connectivity index (χ0) is 24.3. The molecule has 0 spiro atoms. The van der Waals surface area contributed by atoms with E-state index in [1.807, 2.05) is 13.8 Å². The third-order valence-electron chi connectivity index (χ3n) is 7.06. The molecule has 0 saturated carbocycles. The lowest BCUT2D eigenvalue weighted by Gasteiger charge is -2.29. The van der Waals surface area contributed by atoms with Gasteiger partial charge in [0.25, 0.3) is 5.56 Å². The fourth-order valence-electron chi connectivity index (χ4n) is 5.44. The van der Waals surface area contributed by atoms with Crippen molar-refractivity contribution in [3.05, 3.63) is 64.1 Å². The zero-order valence-corrected chi connectivity index (χ0v) is 19.7. The number of anilines is 1. The monoisotopic (exact) mass is 473 g/mol. The fourth-order valence-corrected chi connectivity index (χ4v) is 5.44. The molecule has 8 heteroatoms. The molecule has 1 aliphatic heterocycles. The molecule has 6 rings (SSSR count). The first-order chi connectivity index (χ1) is 17.0. The number of halogens is 2. The van der Waals surface area contributed by atoms with E-state index >= 15 is 0 Å². The van der Waals surface area contributed by atoms with Gasteiger partial charge in [-0.05, 0) is 57.4 Å². The average Bonchev–Trinajstić information content (AvgIpc) is 3.23. The molecule has 3 aromatic heterocycles. The molecule has 35 heavy (non-hydrogen) atoms. The Kier molecular flexibility index (Phi) is 5.05. The largest absolute Gasteiger partial charge is 0.371 e. The molecule has 0 radical (unpaired) electrons. The Morgan fingerprint density at radius 3 is 2.43 bits per heavy atom. The van der Waals surface area contributed by atoms with Gasteiger partial charge >= 0.3 is 0 Å². The molecule has 0 atom stereocenters. The van der Waals surface area contributed by atoms with E-state index in [1.54, 1.807) is 4.57 Å². The second kappa shape index (κ2) is 8.15. The van der Waals surface area contributed by atoms with Gasteiger partial charge < -0.3 is 9.47 Å². The predicted octanol–water partition coefficient (Wildman–Crippen LogP) is 5.69. The van der Waals surface area contributed by atoms with Gasteiger partial charge in [-0.2, -0.15) is 5.10 Å². The van der Waals surface area contributed by atoms with Crippen LogP contribution in [0, 0.1) is 18.6 Å². The fraction of sp³-hybridized carbons (Fsp3) is 0.296. The first-order valence-electron chi connectivity index (χ1n) is 12.0. The van der Waals surface area contributed by atoms with Gasteiger partial charge in [-0.15, -0.1) is 0 Å². The molecule has 0 aliphatic carbocycles. The van der Waals surface area contributed by atoms with Crippen LogP contribution < -0.4 is 10.5 Å². The van der Waals surface area contributed by atoms with Crippen molar-refractivity contribution in [1.82, 2.24) is 19.7 Å². The maximum absolute atomic E-state index is 14.2. The minimum Gasteiger partial charge on any atom is -0.371 e. The van der Waals surface area contributed by atoms with Crippen LogP contribution in [0.25, 0.3) is 44.0 Å². The van der Waals surface area contributed by atoms with Crippen LogP contribution >= 0.6 is 0 Å². The summed E-state index contributed by atoms with van der Waals surface area (Å²) in [4.78, 5) is 21.0. The van der Waals surface area contributed by atoms with E-state index < -0.39 is 11.6 Å². The number of rotatable bonds is 3. The van der Waals surface area contributed by atoms with Crippen LogP contribution in [0.5, 0.6) is 0 Å². The van der Waals surface area contributed by atoms with E-state index in [0.717, 1.165) is 59.7 Å². The van der Waals surface area contributed by atoms with Gasteiger partial charge in [0.1, 0.15) is 11.6 Å². The summed E-state index contributed by atoms with van der Waals surface area (Å²) in [6, 6.07) is 9.46. The number of benzene rings is 2. The van der Waals surface area contributed by atoms with E-state index in [2.05, 4.69) is 38.3 Å². The Bertz CT molecular complexity index is 1660. The minimum atomic E-state index is -0.726. The summed E-state index contributed by atoms with van der Waals surface area (Å²) < 4.78 is 30.1. The molecule has 178 valence electrons. The standard InChI is InChI=1S/C27H25F2N5O/c1-3-34-21-14-19(33-9-5-4-6-10-33)7-8-20(21)23-22-15(2)31-32-26(22)30-25(24(23)27(34)35)16-11-17(28)13-18(29)12-16/h7-8,11-14H,3-6,9-10H2,1-2H3,(H,30,31,32). The lowest BCUT2D eigenvalue weighted by Crippen LogP contribution is -2.29. The van der Waals surface area contributed by atoms with Crippen molar-refractivity contribution in [2.75, 3.05) is 18.0 Å². The number of H-pyrrole nitrogens is 1. The molecule has 0 bridgehead atoms. The first-order valence-corrected chi connectivity index (χ1v) is 12.0. The highest BCUT2D eigenvalue weighted by Crippen LogP contribution is 2.37. The Labute approximate surface area is 200 Å². The highest BCUT2D eigenvalue weighted by atomic mass is 19.1. The molecular weight excluding hydrogens is 448 g/mol. The Hall–Kier alpha value is -3.81. The van der Waals surface area contributed by atoms with Gasteiger partial charge in [-0.3, -0.25) is 9.89 Å². The molecular formula is C27H25F2N5O. The number of piperidine rings is 1. The summed E-state index contributed by atoms with van der Waals surface area (Å²) in [5, 5.41) is 9.97. The molecule has 2 aromatic carbocycles. The number of aromatic amines is 1. The molecule has 6 nitrogen and oxygen atoms in total. The number of hydrogen-bond donors (Lipinski definition) is 1. The summed E-state index contributed by atoms with van der Waals surface area (Å²) >= 11 is 0. The Morgan fingerprint density at radius 2 is 1.71 bits per heavy atom. The van der Waals surface area contributed by atoms with Crippen molar-refractivity contribution in [2.24, 2.45) is 0 Å². The normalized spacial score (nSPS) is 14.5. The third kappa shape index (κ3) is 3.38. The number of pyridine rings is 2. The van der Waals surface area contributed by atoms with E-state index in [4.69, 9.17) is 0 Å². The summed E-state index contributed by atoms with van der Waals surface area (Å²) in [6.07, 6.45) is 3.55. The predicted molar refractivity (Wildman–Crippen MR) is 135 cm³/mol. The minimum absolute atomic E-state index is 0.207. The van der Waals surface area contributed by atoms with Gasteiger partial charge in [0.15, 0.2) is 5.65 Å². The molecule has 4 heterocycles. The van der Waals surface area contributed by atoms with Gasteiger partial charge in [0, 0.05) is 53.4 Å². The molecule has 1 aliphatic rings. The number of hydrogen-bond acceptors (Lipinski definition) is 4. The lowest BCUT2D eigenvalue weighted by atomic mass is 9.97. The van der Waals surface area contributed by atoms with Crippen LogP contribution in [-0.2, 0) is 6.54 Å². The molecule has 0 amide bonds. The quantitative estimate of drug-likeness (QED) is 0.342. The summed E-state index contributed by atoms with van der Waals surface area (Å²) in [7, 11) is 0. The van der Waals surface area contributed by atoms with Crippen molar-refractivity contribution < 1.29 is 8.78 Å². The van der Waals surface area contributed by atoms with Crippen molar-refractivity contribution >= 4 is 38.4 Å². The van der Waals surface area contributed by atoms with Crippen molar-refractivity contribution in [3.63, 3.8) is 0 Å². The summed E-state index contributed by atoms with van der Waals surface area (Å²) in [5.74, 6) is -1.45. The van der Waals surface area contributed by atoms with E-state index in [9.17, 15) is 13.6 Å². The van der Waals surface area contributed by atoms with Crippen molar-refractivity contribution in [1.29, 1.82) is 0 Å². The van der Waals surface area contributed by atoms with E-state index in [1.165, 1.54) is 18.6 Å². The highest BCUT2D eigenvalue weighted by molar-refractivity contribution is 6.21. The summed E-state index contributed by atoms with van der Waals surface area (Å²) in [5.41, 5.74) is 3.32. The zero-order valence-electron chi connectivity index (χ0n) is 19.7. The topological polar surface area (TPSA) is 66.8 Å². The van der Waals surface area contributed by atoms with Gasteiger partial charge in [-0.25, -0.2) is 13.8 Å². The molecule has 1 fully saturated rings. The molecule has 0 unspecified atom stereocenters. The number of nitrogens with one attached hydrogen (secondary N) is 1. The van der Waals surface area contributed by atoms with Crippen LogP contribution in [0.4, 0.5) is 14.5 Å². The Morgan fingerprint density at radius 1 is 0.971 bits per heavy atom. The SMILES string of the molecule is CCn1c(=O)c2c(-c3cc(F)cc(F)c3)nc3n[nH]c(C)c3c2c2ccc(N3CCCCC3)cc21. The van der Waals surface area contributed by atoms with Crippen LogP contribution in [0.3, 0.4) is 0 Å². The van der Waals surface area contributed by atoms with Crippen LogP contribution in [0.1, 0.15) is 31.9 Å². The van der Waals surface area contributed by atoms with Crippen molar-refractivity contribution in [3.8, 4) is 11.3 Å². The van der Waals surface area contributed by atoms with E-state index in [-0.39, 0.29) is 16.8 Å². The number of aryl methyl sites for hydroxylation is 2. The first kappa shape index (κ1) is 21.7. The van der Waals surface area contributed by atoms with Crippen molar-refractivity contribution in [2.45, 2.75) is 39.7 Å². The number of fused-ring (bicyclic) bond motifs is 5. The third-order valence-corrected chi connectivity index (χ3v) is 7.06.